The smallest absolute Gasteiger partial charge is 0.244 e. The summed E-state index contributed by atoms with van der Waals surface area (Å²) in [6.07, 6.45) is 1.64. The molecule has 3 rings (SSSR count). The van der Waals surface area contributed by atoms with Gasteiger partial charge >= 0.3 is 0 Å². The molecular formula is C20H23N5. The van der Waals surface area contributed by atoms with Gasteiger partial charge in [-0.3, -0.25) is 0 Å². The van der Waals surface area contributed by atoms with Crippen LogP contribution < -0.4 is 10.6 Å². The van der Waals surface area contributed by atoms with Crippen LogP contribution in [0.2, 0.25) is 0 Å². The second-order valence-corrected chi connectivity index (χ2v) is 6.34. The standard InChI is InChI=1S/C20H23N5/c1-13-9-15(3)19(16(4)10-13)23-18-12-22-25-20(24-18)21-11-17-8-6-5-7-14(17)2/h5-10,12H,11H2,1-4H3,(H2,21,23,24,25). The predicted molar refractivity (Wildman–Crippen MR) is 102 cm³/mol. The Morgan fingerprint density at radius 1 is 0.920 bits per heavy atom. The molecule has 0 fully saturated rings. The molecule has 0 spiro atoms. The number of aryl methyl sites for hydroxylation is 4. The van der Waals surface area contributed by atoms with Crippen molar-refractivity contribution in [2.75, 3.05) is 10.6 Å². The Morgan fingerprint density at radius 2 is 1.64 bits per heavy atom. The lowest BCUT2D eigenvalue weighted by molar-refractivity contribution is 0.946. The molecule has 0 saturated carbocycles. The molecule has 25 heavy (non-hydrogen) atoms. The monoisotopic (exact) mass is 333 g/mol. The van der Waals surface area contributed by atoms with Gasteiger partial charge in [0.1, 0.15) is 0 Å². The van der Waals surface area contributed by atoms with Crippen molar-refractivity contribution in [1.82, 2.24) is 15.2 Å². The van der Waals surface area contributed by atoms with Crippen LogP contribution in [0.1, 0.15) is 27.8 Å². The van der Waals surface area contributed by atoms with Gasteiger partial charge in [0.05, 0.1) is 6.20 Å². The van der Waals surface area contributed by atoms with Gasteiger partial charge in [-0.05, 0) is 49.9 Å². The van der Waals surface area contributed by atoms with Crippen molar-refractivity contribution in [3.63, 3.8) is 0 Å². The second-order valence-electron chi connectivity index (χ2n) is 6.34. The van der Waals surface area contributed by atoms with Crippen LogP contribution in [0.4, 0.5) is 17.5 Å². The van der Waals surface area contributed by atoms with Gasteiger partial charge in [0.25, 0.3) is 0 Å². The van der Waals surface area contributed by atoms with E-state index in [4.69, 9.17) is 0 Å². The summed E-state index contributed by atoms with van der Waals surface area (Å²) in [4.78, 5) is 4.52. The first-order chi connectivity index (χ1) is 12.0. The molecule has 0 aliphatic heterocycles. The van der Waals surface area contributed by atoms with Gasteiger partial charge in [-0.1, -0.05) is 42.0 Å². The predicted octanol–water partition coefficient (Wildman–Crippen LogP) is 4.46. The second kappa shape index (κ2) is 7.30. The molecule has 0 amide bonds. The van der Waals surface area contributed by atoms with Crippen LogP contribution in [0, 0.1) is 27.7 Å². The van der Waals surface area contributed by atoms with E-state index >= 15 is 0 Å². The average molecular weight is 333 g/mol. The Morgan fingerprint density at radius 3 is 2.36 bits per heavy atom. The minimum absolute atomic E-state index is 0.510. The van der Waals surface area contributed by atoms with Crippen LogP contribution in [-0.2, 0) is 6.54 Å². The first-order valence-electron chi connectivity index (χ1n) is 8.36. The Bertz CT molecular complexity index is 866. The summed E-state index contributed by atoms with van der Waals surface area (Å²) >= 11 is 0. The lowest BCUT2D eigenvalue weighted by Crippen LogP contribution is -2.07. The minimum Gasteiger partial charge on any atom is -0.349 e. The molecule has 0 saturated heterocycles. The number of hydrogen-bond acceptors (Lipinski definition) is 5. The van der Waals surface area contributed by atoms with E-state index in [1.165, 1.54) is 27.8 Å². The summed E-state index contributed by atoms with van der Waals surface area (Å²) in [5, 5.41) is 14.7. The van der Waals surface area contributed by atoms with Gasteiger partial charge < -0.3 is 10.6 Å². The largest absolute Gasteiger partial charge is 0.349 e. The maximum Gasteiger partial charge on any atom is 0.244 e. The zero-order chi connectivity index (χ0) is 17.8. The molecule has 1 heterocycles. The number of benzene rings is 2. The molecule has 5 nitrogen and oxygen atoms in total. The van der Waals surface area contributed by atoms with Gasteiger partial charge in [0, 0.05) is 12.2 Å². The highest BCUT2D eigenvalue weighted by Gasteiger charge is 2.07. The maximum atomic E-state index is 4.52. The van der Waals surface area contributed by atoms with Crippen LogP contribution >= 0.6 is 0 Å². The van der Waals surface area contributed by atoms with Gasteiger partial charge in [0.15, 0.2) is 5.82 Å². The molecule has 0 aliphatic rings. The molecule has 2 N–H and O–H groups in total. The number of hydrogen-bond donors (Lipinski definition) is 2. The molecule has 1 aromatic heterocycles. The molecule has 2 aromatic carbocycles. The number of anilines is 3. The first-order valence-corrected chi connectivity index (χ1v) is 8.36. The van der Waals surface area contributed by atoms with Crippen LogP contribution in [0.3, 0.4) is 0 Å². The van der Waals surface area contributed by atoms with Crippen molar-refractivity contribution in [2.24, 2.45) is 0 Å². The van der Waals surface area contributed by atoms with Crippen molar-refractivity contribution >= 4 is 17.5 Å². The summed E-state index contributed by atoms with van der Waals surface area (Å²) in [7, 11) is 0. The normalized spacial score (nSPS) is 10.6. The van der Waals surface area contributed by atoms with Gasteiger partial charge in [-0.15, -0.1) is 5.10 Å². The van der Waals surface area contributed by atoms with Crippen molar-refractivity contribution in [3.8, 4) is 0 Å². The zero-order valence-corrected chi connectivity index (χ0v) is 15.1. The highest BCUT2D eigenvalue weighted by molar-refractivity contribution is 5.65. The summed E-state index contributed by atoms with van der Waals surface area (Å²) < 4.78 is 0. The molecule has 5 heteroatoms. The SMILES string of the molecule is Cc1cc(C)c(Nc2cnnc(NCc3ccccc3C)n2)c(C)c1. The van der Waals surface area contributed by atoms with Gasteiger partial charge in [-0.2, -0.15) is 10.1 Å². The highest BCUT2D eigenvalue weighted by atomic mass is 15.3. The van der Waals surface area contributed by atoms with E-state index in [-0.39, 0.29) is 0 Å². The molecule has 128 valence electrons. The minimum atomic E-state index is 0.510. The van der Waals surface area contributed by atoms with E-state index in [1.807, 2.05) is 12.1 Å². The van der Waals surface area contributed by atoms with Crippen molar-refractivity contribution in [1.29, 1.82) is 0 Å². The molecule has 0 atom stereocenters. The number of nitrogens with one attached hydrogen (secondary N) is 2. The van der Waals surface area contributed by atoms with Crippen molar-refractivity contribution in [2.45, 2.75) is 34.2 Å². The lowest BCUT2D eigenvalue weighted by Gasteiger charge is -2.13. The van der Waals surface area contributed by atoms with E-state index in [0.29, 0.717) is 18.3 Å². The number of nitrogens with zero attached hydrogens (tertiary/aromatic N) is 3. The fourth-order valence-corrected chi connectivity index (χ4v) is 2.93. The molecule has 0 radical (unpaired) electrons. The van der Waals surface area contributed by atoms with Crippen LogP contribution in [-0.4, -0.2) is 15.2 Å². The Kier molecular flexibility index (Phi) is 4.93. The molecule has 0 bridgehead atoms. The Balaban J connectivity index is 1.75. The van der Waals surface area contributed by atoms with Gasteiger partial charge in [0.2, 0.25) is 5.95 Å². The third-order valence-corrected chi connectivity index (χ3v) is 4.19. The summed E-state index contributed by atoms with van der Waals surface area (Å²) in [6, 6.07) is 12.6. The van der Waals surface area contributed by atoms with Crippen LogP contribution in [0.5, 0.6) is 0 Å². The molecule has 3 aromatic rings. The maximum absolute atomic E-state index is 4.52. The molecule has 0 unspecified atom stereocenters. The topological polar surface area (TPSA) is 62.7 Å². The van der Waals surface area contributed by atoms with Crippen LogP contribution in [0.15, 0.2) is 42.6 Å². The average Bonchev–Trinajstić information content (AvgIpc) is 2.58. The summed E-state index contributed by atoms with van der Waals surface area (Å²) in [5.74, 6) is 1.19. The summed E-state index contributed by atoms with van der Waals surface area (Å²) in [6.45, 7) is 9.05. The number of aromatic nitrogens is 3. The van der Waals surface area contributed by atoms with E-state index < -0.39 is 0 Å². The fraction of sp³-hybridized carbons (Fsp3) is 0.250. The molecular weight excluding hydrogens is 310 g/mol. The molecule has 0 aliphatic carbocycles. The van der Waals surface area contributed by atoms with E-state index in [9.17, 15) is 0 Å². The Labute approximate surface area is 148 Å². The van der Waals surface area contributed by atoms with Crippen LogP contribution in [0.25, 0.3) is 0 Å². The Hall–Kier alpha value is -2.95. The fourth-order valence-electron chi connectivity index (χ4n) is 2.93. The van der Waals surface area contributed by atoms with Crippen molar-refractivity contribution < 1.29 is 0 Å². The number of rotatable bonds is 5. The van der Waals surface area contributed by atoms with E-state index in [2.05, 4.69) is 77.8 Å². The first kappa shape index (κ1) is 16.9. The third-order valence-electron chi connectivity index (χ3n) is 4.19. The van der Waals surface area contributed by atoms with E-state index in [0.717, 1.165) is 5.69 Å². The summed E-state index contributed by atoms with van der Waals surface area (Å²) in [5.41, 5.74) is 7.15. The third kappa shape index (κ3) is 4.12. The lowest BCUT2D eigenvalue weighted by atomic mass is 10.1. The van der Waals surface area contributed by atoms with Crippen molar-refractivity contribution in [3.05, 3.63) is 70.4 Å². The van der Waals surface area contributed by atoms with Gasteiger partial charge in [-0.25, -0.2) is 0 Å². The quantitative estimate of drug-likeness (QED) is 0.722. The van der Waals surface area contributed by atoms with E-state index in [1.54, 1.807) is 6.20 Å². The highest BCUT2D eigenvalue weighted by Crippen LogP contribution is 2.25. The zero-order valence-electron chi connectivity index (χ0n) is 15.1.